The maximum atomic E-state index is 17.2. The number of carbonyl (C=O) groups excluding carboxylic acids is 1. The highest BCUT2D eigenvalue weighted by atomic mass is 35.5. The number of rotatable bonds is 5. The van der Waals surface area contributed by atoms with Crippen molar-refractivity contribution in [2.24, 2.45) is 0 Å². The Hall–Kier alpha value is -4.09. The monoisotopic (exact) mass is 653 g/mol. The van der Waals surface area contributed by atoms with Gasteiger partial charge in [0.2, 0.25) is 0 Å². The number of hydrogen-bond donors (Lipinski definition) is 1. The number of nitrogens with zero attached hydrogens (tertiary/aromatic N) is 5. The predicted octanol–water partition coefficient (Wildman–Crippen LogP) is 6.75. The zero-order chi connectivity index (χ0) is 33.7. The maximum Gasteiger partial charge on any atom is 0.410 e. The zero-order valence-corrected chi connectivity index (χ0v) is 27.7. The van der Waals surface area contributed by atoms with E-state index in [0.717, 1.165) is 10.6 Å². The molecular formula is C34H38ClF2N5O4. The van der Waals surface area contributed by atoms with Crippen LogP contribution in [0.15, 0.2) is 41.3 Å². The molecule has 2 aromatic heterocycles. The van der Waals surface area contributed by atoms with Gasteiger partial charge in [-0.3, -0.25) is 9.55 Å². The van der Waals surface area contributed by atoms with Crippen LogP contribution in [0.5, 0.6) is 0 Å². The van der Waals surface area contributed by atoms with E-state index in [-0.39, 0.29) is 64.5 Å². The van der Waals surface area contributed by atoms with E-state index in [2.05, 4.69) is 9.97 Å². The van der Waals surface area contributed by atoms with E-state index in [1.807, 2.05) is 20.8 Å². The minimum atomic E-state index is -1.03. The van der Waals surface area contributed by atoms with Crippen molar-refractivity contribution in [3.63, 3.8) is 0 Å². The molecule has 1 atom stereocenters. The summed E-state index contributed by atoms with van der Waals surface area (Å²) in [4.78, 5) is 39.2. The van der Waals surface area contributed by atoms with Gasteiger partial charge >= 0.3 is 11.8 Å². The molecule has 12 heteroatoms. The highest BCUT2D eigenvalue weighted by Gasteiger charge is 2.34. The number of aromatic nitrogens is 3. The van der Waals surface area contributed by atoms with Crippen molar-refractivity contribution in [2.45, 2.75) is 72.6 Å². The molecule has 1 fully saturated rings. The molecule has 1 saturated heterocycles. The first-order valence-corrected chi connectivity index (χ1v) is 15.6. The standard InChI is InChI=1S/C34H38ClF2N5O4/c1-18(2)28-29(19(3)11-12-38-28)42-30-22(15-24(36)26(27(30)37)25-21(17-43)9-8-10-23(25)35)31(39-32(42)44)41-14-13-40(16-20(41)4)33(45)46-34(5,6)7/h8-12,15,18,20,43H,13-14,16-17H2,1-7H3/t20-/m0/s1. The quantitative estimate of drug-likeness (QED) is 0.254. The molecule has 3 heterocycles. The number of hydrogen-bond acceptors (Lipinski definition) is 7. The van der Waals surface area contributed by atoms with Crippen molar-refractivity contribution in [1.29, 1.82) is 0 Å². The molecular weight excluding hydrogens is 616 g/mol. The summed E-state index contributed by atoms with van der Waals surface area (Å²) in [6.45, 7) is 13.0. The van der Waals surface area contributed by atoms with Crippen LogP contribution < -0.4 is 10.6 Å². The fraction of sp³-hybridized carbons (Fsp3) is 0.412. The van der Waals surface area contributed by atoms with E-state index in [1.54, 1.807) is 55.8 Å². The molecule has 0 radical (unpaired) electrons. The van der Waals surface area contributed by atoms with Crippen LogP contribution in [0.25, 0.3) is 27.7 Å². The van der Waals surface area contributed by atoms with Crippen molar-refractivity contribution in [2.75, 3.05) is 24.5 Å². The predicted molar refractivity (Wildman–Crippen MR) is 175 cm³/mol. The van der Waals surface area contributed by atoms with Gasteiger partial charge in [-0.2, -0.15) is 4.98 Å². The number of benzene rings is 2. The normalized spacial score (nSPS) is 15.6. The number of anilines is 1. The molecule has 46 heavy (non-hydrogen) atoms. The number of pyridine rings is 1. The summed E-state index contributed by atoms with van der Waals surface area (Å²) in [5.41, 5.74) is -0.368. The molecule has 1 aliphatic heterocycles. The number of halogens is 3. The van der Waals surface area contributed by atoms with Crippen LogP contribution in [0, 0.1) is 18.6 Å². The fourth-order valence-corrected chi connectivity index (χ4v) is 6.27. The molecule has 1 amide bonds. The maximum absolute atomic E-state index is 17.2. The van der Waals surface area contributed by atoms with Crippen molar-refractivity contribution >= 4 is 34.4 Å². The number of aliphatic hydroxyl groups excluding tert-OH is 1. The summed E-state index contributed by atoms with van der Waals surface area (Å²) < 4.78 is 40.2. The Morgan fingerprint density at radius 1 is 1.17 bits per heavy atom. The number of ether oxygens (including phenoxy) is 1. The molecule has 0 spiro atoms. The van der Waals surface area contributed by atoms with Gasteiger partial charge in [0.25, 0.3) is 0 Å². The summed E-state index contributed by atoms with van der Waals surface area (Å²) in [5, 5.41) is 10.2. The van der Waals surface area contributed by atoms with Gasteiger partial charge in [-0.05, 0) is 69.9 Å². The average molecular weight is 654 g/mol. The summed E-state index contributed by atoms with van der Waals surface area (Å²) in [5.74, 6) is -2.03. The lowest BCUT2D eigenvalue weighted by Crippen LogP contribution is -2.55. The number of piperazine rings is 1. The Morgan fingerprint density at radius 2 is 1.89 bits per heavy atom. The van der Waals surface area contributed by atoms with E-state index in [1.165, 1.54) is 12.1 Å². The van der Waals surface area contributed by atoms with Crippen molar-refractivity contribution in [1.82, 2.24) is 19.4 Å². The third-order valence-electron chi connectivity index (χ3n) is 8.05. The number of aliphatic hydroxyl groups is 1. The van der Waals surface area contributed by atoms with Crippen LogP contribution >= 0.6 is 11.6 Å². The Labute approximate surface area is 271 Å². The summed E-state index contributed by atoms with van der Waals surface area (Å²) >= 11 is 6.48. The minimum absolute atomic E-state index is 0.00716. The SMILES string of the molecule is Cc1ccnc(C(C)C)c1-n1c(=O)nc(N2CCN(C(=O)OC(C)(C)C)C[C@@H]2C)c2cc(F)c(-c3c(Cl)cccc3CO)c(F)c21. The van der Waals surface area contributed by atoms with Crippen LogP contribution in [-0.4, -0.2) is 61.9 Å². The summed E-state index contributed by atoms with van der Waals surface area (Å²) in [6.07, 6.45) is 1.15. The largest absolute Gasteiger partial charge is 0.444 e. The minimum Gasteiger partial charge on any atom is -0.444 e. The van der Waals surface area contributed by atoms with Crippen molar-refractivity contribution < 1.29 is 23.4 Å². The Bertz CT molecular complexity index is 1890. The summed E-state index contributed by atoms with van der Waals surface area (Å²) in [6, 6.07) is 7.09. The third-order valence-corrected chi connectivity index (χ3v) is 8.36. The molecule has 0 unspecified atom stereocenters. The van der Waals surface area contributed by atoms with Gasteiger partial charge < -0.3 is 19.6 Å². The first-order valence-electron chi connectivity index (χ1n) is 15.2. The van der Waals surface area contributed by atoms with Crippen LogP contribution in [0.2, 0.25) is 5.02 Å². The topological polar surface area (TPSA) is 101 Å². The second-order valence-electron chi connectivity index (χ2n) is 12.9. The van der Waals surface area contributed by atoms with Gasteiger partial charge in [0.05, 0.1) is 29.1 Å². The lowest BCUT2D eigenvalue weighted by molar-refractivity contribution is 0.0218. The summed E-state index contributed by atoms with van der Waals surface area (Å²) in [7, 11) is 0. The lowest BCUT2D eigenvalue weighted by Gasteiger charge is -2.41. The fourth-order valence-electron chi connectivity index (χ4n) is 5.98. The first kappa shape index (κ1) is 33.3. The van der Waals surface area contributed by atoms with Gasteiger partial charge in [0, 0.05) is 47.8 Å². The highest BCUT2D eigenvalue weighted by Crippen LogP contribution is 2.41. The van der Waals surface area contributed by atoms with Crippen LogP contribution in [0.1, 0.15) is 64.3 Å². The van der Waals surface area contributed by atoms with Crippen LogP contribution in [0.3, 0.4) is 0 Å². The van der Waals surface area contributed by atoms with E-state index < -0.39 is 41.2 Å². The Kier molecular flexibility index (Phi) is 9.12. The van der Waals surface area contributed by atoms with E-state index >= 15 is 8.78 Å². The average Bonchev–Trinajstić information content (AvgIpc) is 2.97. The third kappa shape index (κ3) is 6.05. The molecule has 0 bridgehead atoms. The van der Waals surface area contributed by atoms with Crippen molar-refractivity contribution in [3.8, 4) is 16.8 Å². The number of aryl methyl sites for hydroxylation is 1. The van der Waals surface area contributed by atoms with E-state index in [9.17, 15) is 14.7 Å². The second kappa shape index (κ2) is 12.6. The molecule has 4 aromatic rings. The van der Waals surface area contributed by atoms with Gasteiger partial charge in [0.1, 0.15) is 17.2 Å². The smallest absolute Gasteiger partial charge is 0.410 e. The van der Waals surface area contributed by atoms with Crippen molar-refractivity contribution in [3.05, 3.63) is 80.5 Å². The lowest BCUT2D eigenvalue weighted by atomic mass is 9.96. The van der Waals surface area contributed by atoms with Gasteiger partial charge in [-0.1, -0.05) is 37.6 Å². The Morgan fingerprint density at radius 3 is 2.52 bits per heavy atom. The molecule has 5 rings (SSSR count). The molecule has 9 nitrogen and oxygen atoms in total. The van der Waals surface area contributed by atoms with Gasteiger partial charge in [-0.15, -0.1) is 0 Å². The van der Waals surface area contributed by atoms with Crippen LogP contribution in [0.4, 0.5) is 19.4 Å². The van der Waals surface area contributed by atoms with Crippen LogP contribution in [-0.2, 0) is 11.3 Å². The molecule has 0 saturated carbocycles. The Balaban J connectivity index is 1.80. The molecule has 0 aliphatic carbocycles. The van der Waals surface area contributed by atoms with Gasteiger partial charge in [-0.25, -0.2) is 18.4 Å². The molecule has 1 aliphatic rings. The number of fused-ring (bicyclic) bond motifs is 1. The van der Waals surface area contributed by atoms with Gasteiger partial charge in [0.15, 0.2) is 5.82 Å². The second-order valence-corrected chi connectivity index (χ2v) is 13.3. The molecule has 1 N–H and O–H groups in total. The number of carbonyl (C=O) groups is 1. The zero-order valence-electron chi connectivity index (χ0n) is 27.0. The molecule has 2 aromatic carbocycles. The molecule has 244 valence electrons. The highest BCUT2D eigenvalue weighted by molar-refractivity contribution is 6.33. The van der Waals surface area contributed by atoms with E-state index in [0.29, 0.717) is 16.9 Å². The first-order chi connectivity index (χ1) is 21.6. The number of amides is 1. The van der Waals surface area contributed by atoms with E-state index in [4.69, 9.17) is 16.3 Å².